The summed E-state index contributed by atoms with van der Waals surface area (Å²) in [5.41, 5.74) is 3.77. The fourth-order valence-corrected chi connectivity index (χ4v) is 3.62. The molecule has 156 valence electrons. The summed E-state index contributed by atoms with van der Waals surface area (Å²) < 4.78 is 11.3. The van der Waals surface area contributed by atoms with Gasteiger partial charge in [-0.1, -0.05) is 40.9 Å². The molecule has 0 atom stereocenters. The molecular formula is C23H20Cl3NO3. The molecule has 4 nitrogen and oxygen atoms in total. The quantitative estimate of drug-likeness (QED) is 0.396. The molecule has 0 aliphatic heterocycles. The number of hydrogen-bond donors (Lipinski definition) is 1. The zero-order valence-corrected chi connectivity index (χ0v) is 19.0. The Labute approximate surface area is 190 Å². The fourth-order valence-electron chi connectivity index (χ4n) is 3.02. The lowest BCUT2D eigenvalue weighted by atomic mass is 10.1. The Bertz CT molecular complexity index is 1080. The SMILES string of the molecule is COc1ccc(C(=O)Nc2cc(Cl)c(Cl)cc2Cl)cc1COc1cc(C)cc(C)c1. The van der Waals surface area contributed by atoms with Gasteiger partial charge in [0.05, 0.1) is 27.9 Å². The van der Waals surface area contributed by atoms with E-state index in [0.29, 0.717) is 32.1 Å². The van der Waals surface area contributed by atoms with Crippen LogP contribution in [0.5, 0.6) is 11.5 Å². The van der Waals surface area contributed by atoms with Gasteiger partial charge in [0.2, 0.25) is 0 Å². The molecule has 0 radical (unpaired) electrons. The molecule has 0 saturated carbocycles. The van der Waals surface area contributed by atoms with Crippen LogP contribution in [0, 0.1) is 13.8 Å². The van der Waals surface area contributed by atoms with Crippen LogP contribution in [-0.2, 0) is 6.61 Å². The standard InChI is InChI=1S/C23H20Cl3NO3/c1-13-6-14(2)8-17(7-13)30-12-16-9-15(4-5-22(16)29-3)23(28)27-21-11-19(25)18(24)10-20(21)26/h4-11H,12H2,1-3H3,(H,27,28). The van der Waals surface area contributed by atoms with Crippen molar-refractivity contribution in [2.24, 2.45) is 0 Å². The van der Waals surface area contributed by atoms with E-state index in [0.717, 1.165) is 22.4 Å². The number of hydrogen-bond acceptors (Lipinski definition) is 3. The van der Waals surface area contributed by atoms with Gasteiger partial charge >= 0.3 is 0 Å². The molecule has 0 aliphatic rings. The van der Waals surface area contributed by atoms with Crippen molar-refractivity contribution >= 4 is 46.4 Å². The first-order chi connectivity index (χ1) is 14.3. The van der Waals surface area contributed by atoms with Gasteiger partial charge in [-0.25, -0.2) is 0 Å². The van der Waals surface area contributed by atoms with E-state index in [1.807, 2.05) is 26.0 Å². The topological polar surface area (TPSA) is 47.6 Å². The van der Waals surface area contributed by atoms with E-state index in [1.165, 1.54) is 12.1 Å². The Hall–Kier alpha value is -2.40. The van der Waals surface area contributed by atoms with E-state index in [4.69, 9.17) is 44.3 Å². The smallest absolute Gasteiger partial charge is 0.255 e. The number of halogens is 3. The maximum absolute atomic E-state index is 12.8. The third-order valence-corrected chi connectivity index (χ3v) is 5.43. The molecule has 0 fully saturated rings. The van der Waals surface area contributed by atoms with Crippen molar-refractivity contribution in [3.05, 3.63) is 85.9 Å². The van der Waals surface area contributed by atoms with Gasteiger partial charge in [-0.2, -0.15) is 0 Å². The van der Waals surface area contributed by atoms with Crippen LogP contribution in [0.4, 0.5) is 5.69 Å². The predicted molar refractivity (Wildman–Crippen MR) is 123 cm³/mol. The molecule has 0 saturated heterocycles. The van der Waals surface area contributed by atoms with E-state index >= 15 is 0 Å². The largest absolute Gasteiger partial charge is 0.496 e. The second-order valence-electron chi connectivity index (χ2n) is 6.84. The van der Waals surface area contributed by atoms with Crippen molar-refractivity contribution in [3.63, 3.8) is 0 Å². The molecule has 3 aromatic rings. The number of carbonyl (C=O) groups is 1. The third kappa shape index (κ3) is 5.39. The maximum atomic E-state index is 12.8. The minimum Gasteiger partial charge on any atom is -0.496 e. The first kappa shape index (κ1) is 22.3. The Morgan fingerprint density at radius 3 is 2.23 bits per heavy atom. The number of rotatable bonds is 6. The minimum atomic E-state index is -0.342. The van der Waals surface area contributed by atoms with Gasteiger partial charge in [0.15, 0.2) is 0 Å². The van der Waals surface area contributed by atoms with Crippen LogP contribution >= 0.6 is 34.8 Å². The molecule has 0 bridgehead atoms. The highest BCUT2D eigenvalue weighted by Gasteiger charge is 2.14. The van der Waals surface area contributed by atoms with Crippen LogP contribution in [-0.4, -0.2) is 13.0 Å². The molecular weight excluding hydrogens is 445 g/mol. The highest BCUT2D eigenvalue weighted by molar-refractivity contribution is 6.44. The molecule has 0 aliphatic carbocycles. The number of carbonyl (C=O) groups excluding carboxylic acids is 1. The Morgan fingerprint density at radius 1 is 0.900 bits per heavy atom. The molecule has 0 unspecified atom stereocenters. The summed E-state index contributed by atoms with van der Waals surface area (Å²) in [6.45, 7) is 4.28. The molecule has 30 heavy (non-hydrogen) atoms. The Balaban J connectivity index is 1.81. The van der Waals surface area contributed by atoms with Crippen molar-refractivity contribution < 1.29 is 14.3 Å². The van der Waals surface area contributed by atoms with Crippen molar-refractivity contribution in [2.75, 3.05) is 12.4 Å². The first-order valence-corrected chi connectivity index (χ1v) is 10.2. The summed E-state index contributed by atoms with van der Waals surface area (Å²) in [5, 5.41) is 3.66. The second kappa shape index (κ2) is 9.61. The molecule has 7 heteroatoms. The van der Waals surface area contributed by atoms with Crippen molar-refractivity contribution in [3.8, 4) is 11.5 Å². The first-order valence-electron chi connectivity index (χ1n) is 9.10. The van der Waals surface area contributed by atoms with Gasteiger partial charge in [-0.3, -0.25) is 4.79 Å². The minimum absolute atomic E-state index is 0.251. The van der Waals surface area contributed by atoms with Gasteiger partial charge in [0.25, 0.3) is 5.91 Å². The number of aryl methyl sites for hydroxylation is 2. The molecule has 3 rings (SSSR count). The van der Waals surface area contributed by atoms with Gasteiger partial charge in [0, 0.05) is 11.1 Å². The lowest BCUT2D eigenvalue weighted by Gasteiger charge is -2.14. The van der Waals surface area contributed by atoms with Crippen LogP contribution in [0.25, 0.3) is 0 Å². The maximum Gasteiger partial charge on any atom is 0.255 e. The van der Waals surface area contributed by atoms with E-state index in [1.54, 1.807) is 25.3 Å². The van der Waals surface area contributed by atoms with Crippen molar-refractivity contribution in [1.29, 1.82) is 0 Å². The number of methoxy groups -OCH3 is 1. The van der Waals surface area contributed by atoms with Crippen LogP contribution in [0.2, 0.25) is 15.1 Å². The Kier molecular flexibility index (Phi) is 7.14. The summed E-state index contributed by atoms with van der Waals surface area (Å²) in [4.78, 5) is 12.8. The Morgan fingerprint density at radius 2 is 1.57 bits per heavy atom. The lowest BCUT2D eigenvalue weighted by Crippen LogP contribution is -2.13. The van der Waals surface area contributed by atoms with E-state index < -0.39 is 0 Å². The van der Waals surface area contributed by atoms with Gasteiger partial charge < -0.3 is 14.8 Å². The number of anilines is 1. The highest BCUT2D eigenvalue weighted by Crippen LogP contribution is 2.32. The second-order valence-corrected chi connectivity index (χ2v) is 8.06. The van der Waals surface area contributed by atoms with E-state index in [-0.39, 0.29) is 12.5 Å². The summed E-state index contributed by atoms with van der Waals surface area (Å²) in [6, 6.07) is 14.1. The molecule has 0 heterocycles. The molecule has 3 aromatic carbocycles. The summed E-state index contributed by atoms with van der Waals surface area (Å²) >= 11 is 18.1. The van der Waals surface area contributed by atoms with E-state index in [2.05, 4.69) is 11.4 Å². The number of amides is 1. The zero-order chi connectivity index (χ0) is 21.8. The fraction of sp³-hybridized carbons (Fsp3) is 0.174. The monoisotopic (exact) mass is 463 g/mol. The average Bonchev–Trinajstić information content (AvgIpc) is 2.69. The number of nitrogens with one attached hydrogen (secondary N) is 1. The molecule has 0 aromatic heterocycles. The summed E-state index contributed by atoms with van der Waals surface area (Å²) in [7, 11) is 1.57. The lowest BCUT2D eigenvalue weighted by molar-refractivity contribution is 0.102. The summed E-state index contributed by atoms with van der Waals surface area (Å²) in [5.74, 6) is 1.04. The van der Waals surface area contributed by atoms with Crippen LogP contribution in [0.15, 0.2) is 48.5 Å². The highest BCUT2D eigenvalue weighted by atomic mass is 35.5. The average molecular weight is 465 g/mol. The van der Waals surface area contributed by atoms with Crippen molar-refractivity contribution in [2.45, 2.75) is 20.5 Å². The summed E-state index contributed by atoms with van der Waals surface area (Å²) in [6.07, 6.45) is 0. The van der Waals surface area contributed by atoms with Gasteiger partial charge in [-0.05, 0) is 67.4 Å². The van der Waals surface area contributed by atoms with Crippen LogP contribution < -0.4 is 14.8 Å². The normalized spacial score (nSPS) is 10.6. The molecule has 0 spiro atoms. The zero-order valence-electron chi connectivity index (χ0n) is 16.7. The van der Waals surface area contributed by atoms with Gasteiger partial charge in [-0.15, -0.1) is 0 Å². The molecule has 1 amide bonds. The van der Waals surface area contributed by atoms with Gasteiger partial charge in [0.1, 0.15) is 18.1 Å². The number of ether oxygens (including phenoxy) is 2. The van der Waals surface area contributed by atoms with Crippen LogP contribution in [0.1, 0.15) is 27.0 Å². The van der Waals surface area contributed by atoms with Crippen molar-refractivity contribution in [1.82, 2.24) is 0 Å². The van der Waals surface area contributed by atoms with E-state index in [9.17, 15) is 4.79 Å². The molecule has 1 N–H and O–H groups in total. The third-order valence-electron chi connectivity index (χ3n) is 4.39. The van der Waals surface area contributed by atoms with Crippen LogP contribution in [0.3, 0.4) is 0 Å². The predicted octanol–water partition coefficient (Wildman–Crippen LogP) is 7.10. The number of benzene rings is 3.